The van der Waals surface area contributed by atoms with Crippen LogP contribution in [0, 0.1) is 0 Å². The molecule has 0 bridgehead atoms. The normalized spacial score (nSPS) is 12.3. The second-order valence-electron chi connectivity index (χ2n) is 7.00. The van der Waals surface area contributed by atoms with E-state index in [0.717, 1.165) is 12.1 Å². The predicted octanol–water partition coefficient (Wildman–Crippen LogP) is 3.95. The molecule has 28 heavy (non-hydrogen) atoms. The number of para-hydroxylation sites is 1. The Hall–Kier alpha value is -2.60. The molecule has 1 atom stereocenters. The van der Waals surface area contributed by atoms with Gasteiger partial charge in [0.25, 0.3) is 5.56 Å². The van der Waals surface area contributed by atoms with Gasteiger partial charge < -0.3 is 5.32 Å². The van der Waals surface area contributed by atoms with Gasteiger partial charge in [-0.15, -0.1) is 0 Å². The van der Waals surface area contributed by atoms with Crippen molar-refractivity contribution in [3.63, 3.8) is 0 Å². The molecule has 1 unspecified atom stereocenters. The lowest BCUT2D eigenvalue weighted by Crippen LogP contribution is -2.36. The molecule has 2 aromatic carbocycles. The van der Waals surface area contributed by atoms with Gasteiger partial charge in [0.2, 0.25) is 5.91 Å². The first kappa shape index (κ1) is 20.1. The van der Waals surface area contributed by atoms with Crippen molar-refractivity contribution >= 4 is 28.6 Å². The zero-order chi connectivity index (χ0) is 20.3. The average Bonchev–Trinajstić information content (AvgIpc) is 2.68. The third-order valence-corrected chi connectivity index (χ3v) is 5.48. The number of nitrogens with one attached hydrogen (secondary N) is 1. The molecular formula is C22H25N3O2S. The van der Waals surface area contributed by atoms with E-state index in [9.17, 15) is 9.59 Å². The molecule has 6 heteroatoms. The fraction of sp³-hybridized carbons (Fsp3) is 0.318. The Morgan fingerprint density at radius 2 is 1.79 bits per heavy atom. The number of carbonyl (C=O) groups excluding carboxylic acids is 1. The summed E-state index contributed by atoms with van der Waals surface area (Å²) in [7, 11) is 0. The van der Waals surface area contributed by atoms with E-state index in [1.54, 1.807) is 10.6 Å². The maximum Gasteiger partial charge on any atom is 0.266 e. The van der Waals surface area contributed by atoms with E-state index in [-0.39, 0.29) is 22.8 Å². The van der Waals surface area contributed by atoms with Crippen molar-refractivity contribution in [2.75, 3.05) is 0 Å². The summed E-state index contributed by atoms with van der Waals surface area (Å²) in [5, 5.41) is 3.61. The van der Waals surface area contributed by atoms with E-state index in [4.69, 9.17) is 4.98 Å². The molecule has 0 fully saturated rings. The van der Waals surface area contributed by atoms with Gasteiger partial charge in [0.1, 0.15) is 0 Å². The summed E-state index contributed by atoms with van der Waals surface area (Å²) in [5.74, 6) is -0.0738. The van der Waals surface area contributed by atoms with Crippen LogP contribution in [0.1, 0.15) is 33.3 Å². The summed E-state index contributed by atoms with van der Waals surface area (Å²) >= 11 is 1.29. The maximum absolute atomic E-state index is 13.2. The molecule has 0 spiro atoms. The van der Waals surface area contributed by atoms with Crippen LogP contribution >= 0.6 is 11.8 Å². The lowest BCUT2D eigenvalue weighted by Gasteiger charge is -2.17. The Labute approximate surface area is 169 Å². The van der Waals surface area contributed by atoms with Crippen LogP contribution in [-0.4, -0.2) is 26.8 Å². The fourth-order valence-electron chi connectivity index (χ4n) is 2.91. The minimum absolute atomic E-state index is 0.0592. The highest BCUT2D eigenvalue weighted by Gasteiger charge is 2.20. The molecule has 1 aromatic heterocycles. The Balaban J connectivity index is 2.11. The zero-order valence-corrected chi connectivity index (χ0v) is 17.4. The number of fused-ring (bicyclic) bond motifs is 1. The van der Waals surface area contributed by atoms with Gasteiger partial charge in [-0.05, 0) is 57.0 Å². The lowest BCUT2D eigenvalue weighted by molar-refractivity contribution is -0.120. The van der Waals surface area contributed by atoms with Crippen molar-refractivity contribution in [2.45, 2.75) is 50.6 Å². The van der Waals surface area contributed by atoms with Crippen molar-refractivity contribution in [3.05, 3.63) is 64.4 Å². The molecular weight excluding hydrogens is 370 g/mol. The SMILES string of the molecule is CCc1ccc(-n2c(SC(C)C(=O)NC(C)C)nc3ccccc3c2=O)cc1. The molecule has 3 aromatic rings. The van der Waals surface area contributed by atoms with Crippen LogP contribution in [0.2, 0.25) is 0 Å². The largest absolute Gasteiger partial charge is 0.353 e. The summed E-state index contributed by atoms with van der Waals surface area (Å²) in [6.07, 6.45) is 0.930. The van der Waals surface area contributed by atoms with Gasteiger partial charge in [0.15, 0.2) is 5.16 Å². The predicted molar refractivity (Wildman–Crippen MR) is 115 cm³/mol. The molecule has 146 valence electrons. The molecule has 0 aliphatic carbocycles. The van der Waals surface area contributed by atoms with E-state index in [2.05, 4.69) is 12.2 Å². The molecule has 0 saturated carbocycles. The average molecular weight is 396 g/mol. The third-order valence-electron chi connectivity index (χ3n) is 4.43. The molecule has 1 heterocycles. The highest BCUT2D eigenvalue weighted by molar-refractivity contribution is 8.00. The van der Waals surface area contributed by atoms with E-state index in [1.165, 1.54) is 17.3 Å². The first-order chi connectivity index (χ1) is 13.4. The number of aromatic nitrogens is 2. The van der Waals surface area contributed by atoms with Crippen LogP contribution < -0.4 is 10.9 Å². The van der Waals surface area contributed by atoms with E-state index >= 15 is 0 Å². The smallest absolute Gasteiger partial charge is 0.266 e. The second kappa shape index (κ2) is 8.61. The first-order valence-corrected chi connectivity index (χ1v) is 10.4. The fourth-order valence-corrected chi connectivity index (χ4v) is 3.85. The van der Waals surface area contributed by atoms with Crippen molar-refractivity contribution in [2.24, 2.45) is 0 Å². The highest BCUT2D eigenvalue weighted by Crippen LogP contribution is 2.25. The minimum atomic E-state index is -0.378. The summed E-state index contributed by atoms with van der Waals surface area (Å²) in [5.41, 5.74) is 2.45. The number of aryl methyl sites for hydroxylation is 1. The van der Waals surface area contributed by atoms with Crippen molar-refractivity contribution < 1.29 is 4.79 Å². The number of thioether (sulfide) groups is 1. The molecule has 0 saturated heterocycles. The topological polar surface area (TPSA) is 64.0 Å². The number of hydrogen-bond acceptors (Lipinski definition) is 4. The van der Waals surface area contributed by atoms with Gasteiger partial charge in [-0.25, -0.2) is 4.98 Å². The Morgan fingerprint density at radius 3 is 2.43 bits per heavy atom. The van der Waals surface area contributed by atoms with Crippen LogP contribution in [0.4, 0.5) is 0 Å². The van der Waals surface area contributed by atoms with Gasteiger partial charge in [-0.1, -0.05) is 43.0 Å². The highest BCUT2D eigenvalue weighted by atomic mass is 32.2. The van der Waals surface area contributed by atoms with Crippen LogP contribution in [0.3, 0.4) is 0 Å². The maximum atomic E-state index is 13.2. The summed E-state index contributed by atoms with van der Waals surface area (Å²) in [4.78, 5) is 30.3. The van der Waals surface area contributed by atoms with E-state index < -0.39 is 0 Å². The quantitative estimate of drug-likeness (QED) is 0.507. The van der Waals surface area contributed by atoms with Gasteiger partial charge in [-0.3, -0.25) is 14.2 Å². The second-order valence-corrected chi connectivity index (χ2v) is 8.30. The molecule has 0 radical (unpaired) electrons. The number of benzene rings is 2. The molecule has 5 nitrogen and oxygen atoms in total. The molecule has 3 rings (SSSR count). The zero-order valence-electron chi connectivity index (χ0n) is 16.6. The Kier molecular flexibility index (Phi) is 6.19. The number of rotatable bonds is 6. The van der Waals surface area contributed by atoms with Gasteiger partial charge >= 0.3 is 0 Å². The number of carbonyl (C=O) groups is 1. The lowest BCUT2D eigenvalue weighted by atomic mass is 10.1. The molecule has 1 N–H and O–H groups in total. The standard InChI is InChI=1S/C22H25N3O2S/c1-5-16-10-12-17(13-11-16)25-21(27)18-8-6-7-9-19(18)24-22(25)28-15(4)20(26)23-14(2)3/h6-15H,5H2,1-4H3,(H,23,26). The summed E-state index contributed by atoms with van der Waals surface area (Å²) in [6.45, 7) is 7.77. The Morgan fingerprint density at radius 1 is 1.11 bits per heavy atom. The van der Waals surface area contributed by atoms with Gasteiger partial charge in [0, 0.05) is 6.04 Å². The summed E-state index contributed by atoms with van der Waals surface area (Å²) in [6, 6.07) is 15.2. The van der Waals surface area contributed by atoms with E-state index in [0.29, 0.717) is 16.1 Å². The van der Waals surface area contributed by atoms with Crippen molar-refractivity contribution in [1.82, 2.24) is 14.9 Å². The van der Waals surface area contributed by atoms with Crippen LogP contribution in [0.15, 0.2) is 58.5 Å². The van der Waals surface area contributed by atoms with Gasteiger partial charge in [-0.2, -0.15) is 0 Å². The Bertz CT molecular complexity index is 1040. The monoisotopic (exact) mass is 395 g/mol. The summed E-state index contributed by atoms with van der Waals surface area (Å²) < 4.78 is 1.60. The third kappa shape index (κ3) is 4.28. The first-order valence-electron chi connectivity index (χ1n) is 9.48. The molecule has 0 aliphatic heterocycles. The van der Waals surface area contributed by atoms with Crippen LogP contribution in [0.25, 0.3) is 16.6 Å². The number of hydrogen-bond donors (Lipinski definition) is 1. The minimum Gasteiger partial charge on any atom is -0.353 e. The number of amides is 1. The number of nitrogens with zero attached hydrogens (tertiary/aromatic N) is 2. The van der Waals surface area contributed by atoms with Crippen LogP contribution in [-0.2, 0) is 11.2 Å². The van der Waals surface area contributed by atoms with Gasteiger partial charge in [0.05, 0.1) is 21.8 Å². The van der Waals surface area contributed by atoms with Crippen molar-refractivity contribution in [3.8, 4) is 5.69 Å². The van der Waals surface area contributed by atoms with Crippen LogP contribution in [0.5, 0.6) is 0 Å². The molecule has 0 aliphatic rings. The molecule has 1 amide bonds. The van der Waals surface area contributed by atoms with Crippen molar-refractivity contribution in [1.29, 1.82) is 0 Å². The van der Waals surface area contributed by atoms with E-state index in [1.807, 2.05) is 63.2 Å².